The van der Waals surface area contributed by atoms with Crippen molar-refractivity contribution in [3.63, 3.8) is 0 Å². The van der Waals surface area contributed by atoms with Crippen LogP contribution in [0.2, 0.25) is 0 Å². The Bertz CT molecular complexity index is 494. The lowest BCUT2D eigenvalue weighted by Crippen LogP contribution is -2.39. The Labute approximate surface area is 130 Å². The first-order chi connectivity index (χ1) is 10.3. The molecule has 4 unspecified atom stereocenters. The van der Waals surface area contributed by atoms with Crippen molar-refractivity contribution in [1.29, 1.82) is 0 Å². The van der Waals surface area contributed by atoms with Crippen LogP contribution in [0.25, 0.3) is 0 Å². The molecule has 0 radical (unpaired) electrons. The third kappa shape index (κ3) is 2.41. The van der Waals surface area contributed by atoms with E-state index in [2.05, 4.69) is 22.4 Å². The first-order valence-corrected chi connectivity index (χ1v) is 9.22. The molecule has 4 heterocycles. The molecule has 2 bridgehead atoms. The average molecular weight is 308 g/mol. The smallest absolute Gasteiger partial charge is 0.232 e. The van der Waals surface area contributed by atoms with Gasteiger partial charge < -0.3 is 14.7 Å². The summed E-state index contributed by atoms with van der Waals surface area (Å²) in [6.07, 6.45) is 5.06. The molecule has 3 fully saturated rings. The summed E-state index contributed by atoms with van der Waals surface area (Å²) in [4.78, 5) is 7.34. The van der Waals surface area contributed by atoms with E-state index >= 15 is 0 Å². The van der Waals surface area contributed by atoms with Gasteiger partial charge in [0, 0.05) is 35.5 Å². The van der Waals surface area contributed by atoms with Gasteiger partial charge in [-0.3, -0.25) is 0 Å². The maximum atomic E-state index is 5.62. The molecule has 6 heteroatoms. The minimum absolute atomic E-state index is 0.379. The molecule has 1 N–H and O–H groups in total. The highest BCUT2D eigenvalue weighted by atomic mass is 32.2. The summed E-state index contributed by atoms with van der Waals surface area (Å²) in [7, 11) is 4.29. The van der Waals surface area contributed by atoms with E-state index in [9.17, 15) is 0 Å². The number of fused-ring (bicyclic) bond motifs is 2. The molecule has 0 spiro atoms. The summed E-state index contributed by atoms with van der Waals surface area (Å²) >= 11 is 1.97. The average Bonchev–Trinajstić information content (AvgIpc) is 3.17. The molecule has 1 aromatic heterocycles. The predicted molar refractivity (Wildman–Crippen MR) is 83.8 cm³/mol. The molecule has 4 atom stereocenters. The lowest BCUT2D eigenvalue weighted by molar-refractivity contribution is 0.157. The summed E-state index contributed by atoms with van der Waals surface area (Å²) in [6.45, 7) is 0. The second-order valence-electron chi connectivity index (χ2n) is 6.75. The molecule has 0 saturated carbocycles. The quantitative estimate of drug-likeness (QED) is 0.919. The summed E-state index contributed by atoms with van der Waals surface area (Å²) in [5.74, 6) is 4.91. The third-order valence-electron chi connectivity index (χ3n) is 5.69. The zero-order valence-corrected chi connectivity index (χ0v) is 13.6. The normalized spacial score (nSPS) is 40.0. The Kier molecular flexibility index (Phi) is 3.71. The highest BCUT2D eigenvalue weighted by Crippen LogP contribution is 2.41. The van der Waals surface area contributed by atoms with Gasteiger partial charge in [-0.25, -0.2) is 0 Å². The standard InChI is InChI=1S/C15H24N4OS/c1-16-13-8-21-7-12(13)15-17-14(18-20-15)9-5-10-3-4-11(6-9)19(10)2/h9-13,16H,3-8H2,1-2H3. The molecule has 21 heavy (non-hydrogen) atoms. The highest BCUT2D eigenvalue weighted by Gasteiger charge is 2.41. The van der Waals surface area contributed by atoms with E-state index in [1.54, 1.807) is 0 Å². The molecular weight excluding hydrogens is 284 g/mol. The van der Waals surface area contributed by atoms with Crippen LogP contribution in [0.1, 0.15) is 49.2 Å². The van der Waals surface area contributed by atoms with Crippen molar-refractivity contribution in [2.24, 2.45) is 0 Å². The predicted octanol–water partition coefficient (Wildman–Crippen LogP) is 1.83. The minimum atomic E-state index is 0.379. The Morgan fingerprint density at radius 1 is 1.24 bits per heavy atom. The van der Waals surface area contributed by atoms with Crippen molar-refractivity contribution in [2.45, 2.75) is 55.6 Å². The monoisotopic (exact) mass is 308 g/mol. The summed E-state index contributed by atoms with van der Waals surface area (Å²) in [5.41, 5.74) is 0. The van der Waals surface area contributed by atoms with Crippen LogP contribution in [0.15, 0.2) is 4.52 Å². The number of likely N-dealkylation sites (N-methyl/N-ethyl adjacent to an activating group) is 1. The fourth-order valence-electron chi connectivity index (χ4n) is 4.27. The fraction of sp³-hybridized carbons (Fsp3) is 0.867. The van der Waals surface area contributed by atoms with Gasteiger partial charge in [-0.2, -0.15) is 16.7 Å². The SMILES string of the molecule is CNC1CSCC1c1nc(C2CC3CCC(C2)N3C)no1. The minimum Gasteiger partial charge on any atom is -0.339 e. The van der Waals surface area contributed by atoms with Gasteiger partial charge in [0.05, 0.1) is 5.92 Å². The van der Waals surface area contributed by atoms with Crippen LogP contribution in [-0.4, -0.2) is 58.8 Å². The first kappa shape index (κ1) is 14.0. The van der Waals surface area contributed by atoms with Crippen molar-refractivity contribution in [3.05, 3.63) is 11.7 Å². The van der Waals surface area contributed by atoms with Gasteiger partial charge in [0.1, 0.15) is 0 Å². The lowest BCUT2D eigenvalue weighted by atomic mass is 9.90. The number of nitrogens with zero attached hydrogens (tertiary/aromatic N) is 3. The van der Waals surface area contributed by atoms with Gasteiger partial charge in [0.15, 0.2) is 5.82 Å². The van der Waals surface area contributed by atoms with E-state index in [-0.39, 0.29) is 0 Å². The van der Waals surface area contributed by atoms with E-state index in [4.69, 9.17) is 9.51 Å². The molecule has 0 aliphatic carbocycles. The number of hydrogen-bond donors (Lipinski definition) is 1. The number of aromatic nitrogens is 2. The first-order valence-electron chi connectivity index (χ1n) is 8.06. The molecule has 116 valence electrons. The molecule has 3 aliphatic heterocycles. The lowest BCUT2D eigenvalue weighted by Gasteiger charge is -2.34. The molecule has 0 aromatic carbocycles. The van der Waals surface area contributed by atoms with E-state index in [1.165, 1.54) is 25.7 Å². The van der Waals surface area contributed by atoms with Crippen molar-refractivity contribution in [1.82, 2.24) is 20.4 Å². The molecule has 4 rings (SSSR count). The van der Waals surface area contributed by atoms with Crippen molar-refractivity contribution in [3.8, 4) is 0 Å². The Morgan fingerprint density at radius 3 is 2.71 bits per heavy atom. The summed E-state index contributed by atoms with van der Waals surface area (Å²) in [5, 5.41) is 7.71. The number of thioether (sulfide) groups is 1. The van der Waals surface area contributed by atoms with Crippen LogP contribution in [0, 0.1) is 0 Å². The Hall–Kier alpha value is -0.590. The van der Waals surface area contributed by atoms with Crippen LogP contribution in [0.5, 0.6) is 0 Å². The molecule has 5 nitrogen and oxygen atoms in total. The molecule has 3 aliphatic rings. The second-order valence-corrected chi connectivity index (χ2v) is 7.82. The molecule has 3 saturated heterocycles. The zero-order valence-electron chi connectivity index (χ0n) is 12.8. The van der Waals surface area contributed by atoms with Gasteiger partial charge in [0.2, 0.25) is 5.89 Å². The number of hydrogen-bond acceptors (Lipinski definition) is 6. The number of nitrogens with one attached hydrogen (secondary N) is 1. The Morgan fingerprint density at radius 2 is 2.00 bits per heavy atom. The second kappa shape index (κ2) is 5.56. The third-order valence-corrected chi connectivity index (χ3v) is 6.88. The van der Waals surface area contributed by atoms with Crippen molar-refractivity contribution < 1.29 is 4.52 Å². The van der Waals surface area contributed by atoms with Crippen LogP contribution in [-0.2, 0) is 0 Å². The van der Waals surface area contributed by atoms with E-state index in [0.29, 0.717) is 17.9 Å². The van der Waals surface area contributed by atoms with Crippen LogP contribution in [0.3, 0.4) is 0 Å². The summed E-state index contributed by atoms with van der Waals surface area (Å²) in [6, 6.07) is 1.92. The van der Waals surface area contributed by atoms with Crippen molar-refractivity contribution in [2.75, 3.05) is 25.6 Å². The van der Waals surface area contributed by atoms with Crippen molar-refractivity contribution >= 4 is 11.8 Å². The maximum Gasteiger partial charge on any atom is 0.232 e. The van der Waals surface area contributed by atoms with Gasteiger partial charge in [-0.05, 0) is 39.8 Å². The van der Waals surface area contributed by atoms with Crippen LogP contribution >= 0.6 is 11.8 Å². The van der Waals surface area contributed by atoms with E-state index in [0.717, 1.165) is 35.3 Å². The van der Waals surface area contributed by atoms with Crippen LogP contribution in [0.4, 0.5) is 0 Å². The van der Waals surface area contributed by atoms with Crippen LogP contribution < -0.4 is 5.32 Å². The number of piperidine rings is 1. The van der Waals surface area contributed by atoms with Gasteiger partial charge >= 0.3 is 0 Å². The summed E-state index contributed by atoms with van der Waals surface area (Å²) < 4.78 is 5.62. The largest absolute Gasteiger partial charge is 0.339 e. The van der Waals surface area contributed by atoms with E-state index in [1.807, 2.05) is 18.8 Å². The zero-order chi connectivity index (χ0) is 14.4. The van der Waals surface area contributed by atoms with Gasteiger partial charge in [0.25, 0.3) is 0 Å². The molecular formula is C15H24N4OS. The van der Waals surface area contributed by atoms with Gasteiger partial charge in [-0.1, -0.05) is 5.16 Å². The highest BCUT2D eigenvalue weighted by molar-refractivity contribution is 7.99. The van der Waals surface area contributed by atoms with E-state index < -0.39 is 0 Å². The molecule has 0 amide bonds. The topological polar surface area (TPSA) is 54.2 Å². The maximum absolute atomic E-state index is 5.62. The Balaban J connectivity index is 1.50. The van der Waals surface area contributed by atoms with Gasteiger partial charge in [-0.15, -0.1) is 0 Å². The molecule has 1 aromatic rings. The number of rotatable bonds is 3. The fourth-order valence-corrected chi connectivity index (χ4v) is 5.69.